The molecule has 0 aliphatic rings. The van der Waals surface area contributed by atoms with Gasteiger partial charge in [-0.1, -0.05) is 31.5 Å². The number of pyridine rings is 2. The van der Waals surface area contributed by atoms with Gasteiger partial charge in [-0.3, -0.25) is 0 Å². The summed E-state index contributed by atoms with van der Waals surface area (Å²) in [6, 6.07) is 6.29. The van der Waals surface area contributed by atoms with E-state index in [-0.39, 0.29) is 0 Å². The van der Waals surface area contributed by atoms with Crippen LogP contribution in [0.15, 0.2) is 40.6 Å². The van der Waals surface area contributed by atoms with Crippen molar-refractivity contribution in [3.05, 3.63) is 46.7 Å². The molecular formula is C15H18ClN3S. The number of rotatable bonds is 5. The molecule has 2 aromatic heterocycles. The van der Waals surface area contributed by atoms with Gasteiger partial charge in [0.25, 0.3) is 0 Å². The van der Waals surface area contributed by atoms with E-state index in [4.69, 9.17) is 11.6 Å². The number of halogens is 1. The molecule has 0 aliphatic carbocycles. The summed E-state index contributed by atoms with van der Waals surface area (Å²) in [4.78, 5) is 8.79. The summed E-state index contributed by atoms with van der Waals surface area (Å²) in [7, 11) is 0. The topological polar surface area (TPSA) is 37.8 Å². The van der Waals surface area contributed by atoms with Crippen molar-refractivity contribution >= 4 is 23.4 Å². The van der Waals surface area contributed by atoms with Crippen molar-refractivity contribution in [2.45, 2.75) is 43.4 Å². The van der Waals surface area contributed by atoms with Gasteiger partial charge in [-0.25, -0.2) is 9.97 Å². The number of hydrogen-bond donors (Lipinski definition) is 1. The highest BCUT2D eigenvalue weighted by atomic mass is 35.5. The minimum Gasteiger partial charge on any atom is -0.310 e. The zero-order chi connectivity index (χ0) is 14.5. The molecule has 1 N–H and O–H groups in total. The number of aryl methyl sites for hydroxylation is 1. The average molecular weight is 308 g/mol. The fourth-order valence-electron chi connectivity index (χ4n) is 1.68. The summed E-state index contributed by atoms with van der Waals surface area (Å²) in [6.07, 6.45) is 3.64. The molecule has 0 saturated heterocycles. The Morgan fingerprint density at radius 3 is 2.75 bits per heavy atom. The highest BCUT2D eigenvalue weighted by Gasteiger charge is 2.08. The van der Waals surface area contributed by atoms with E-state index in [1.807, 2.05) is 18.3 Å². The molecule has 0 amide bonds. The van der Waals surface area contributed by atoms with Crippen LogP contribution in [-0.4, -0.2) is 16.0 Å². The van der Waals surface area contributed by atoms with Gasteiger partial charge in [0, 0.05) is 25.0 Å². The van der Waals surface area contributed by atoms with E-state index in [2.05, 4.69) is 42.1 Å². The van der Waals surface area contributed by atoms with Crippen molar-refractivity contribution in [1.29, 1.82) is 0 Å². The molecule has 3 nitrogen and oxygen atoms in total. The first-order valence-electron chi connectivity index (χ1n) is 6.53. The standard InChI is InChI=1S/C15H18ClN3S/c1-10(2)18-8-12-7-11(3)14(19-9-12)20-15-13(16)5-4-6-17-15/h4-7,9-10,18H,8H2,1-3H3. The van der Waals surface area contributed by atoms with Gasteiger partial charge in [-0.2, -0.15) is 0 Å². The van der Waals surface area contributed by atoms with Crippen LogP contribution in [0.3, 0.4) is 0 Å². The van der Waals surface area contributed by atoms with E-state index in [9.17, 15) is 0 Å². The zero-order valence-electron chi connectivity index (χ0n) is 11.9. The Morgan fingerprint density at radius 1 is 1.30 bits per heavy atom. The quantitative estimate of drug-likeness (QED) is 0.903. The van der Waals surface area contributed by atoms with E-state index in [0.29, 0.717) is 11.1 Å². The Bertz CT molecular complexity index is 587. The van der Waals surface area contributed by atoms with E-state index in [1.165, 1.54) is 17.3 Å². The lowest BCUT2D eigenvalue weighted by Crippen LogP contribution is -2.21. The normalized spacial score (nSPS) is 11.1. The van der Waals surface area contributed by atoms with E-state index in [0.717, 1.165) is 22.2 Å². The maximum Gasteiger partial charge on any atom is 0.121 e. The fraction of sp³-hybridized carbons (Fsp3) is 0.333. The van der Waals surface area contributed by atoms with Crippen LogP contribution in [0.4, 0.5) is 0 Å². The Labute approximate surface area is 129 Å². The predicted molar refractivity (Wildman–Crippen MR) is 84.3 cm³/mol. The minimum atomic E-state index is 0.469. The van der Waals surface area contributed by atoms with Crippen molar-refractivity contribution in [3.8, 4) is 0 Å². The number of hydrogen-bond acceptors (Lipinski definition) is 4. The van der Waals surface area contributed by atoms with Gasteiger partial charge in [0.1, 0.15) is 10.1 Å². The summed E-state index contributed by atoms with van der Waals surface area (Å²) in [6.45, 7) is 7.16. The summed E-state index contributed by atoms with van der Waals surface area (Å²) >= 11 is 7.62. The third-order valence-corrected chi connectivity index (χ3v) is 4.28. The first kappa shape index (κ1) is 15.3. The van der Waals surface area contributed by atoms with Gasteiger partial charge < -0.3 is 5.32 Å². The minimum absolute atomic E-state index is 0.469. The van der Waals surface area contributed by atoms with Gasteiger partial charge in [0.15, 0.2) is 0 Å². The lowest BCUT2D eigenvalue weighted by molar-refractivity contribution is 0.587. The molecule has 2 heterocycles. The molecular weight excluding hydrogens is 290 g/mol. The highest BCUT2D eigenvalue weighted by molar-refractivity contribution is 7.99. The molecule has 20 heavy (non-hydrogen) atoms. The molecule has 0 spiro atoms. The molecule has 2 aromatic rings. The lowest BCUT2D eigenvalue weighted by Gasteiger charge is -2.10. The molecule has 2 rings (SSSR count). The van der Waals surface area contributed by atoms with Gasteiger partial charge in [-0.15, -0.1) is 0 Å². The average Bonchev–Trinajstić information content (AvgIpc) is 2.41. The monoisotopic (exact) mass is 307 g/mol. The van der Waals surface area contributed by atoms with Crippen LogP contribution >= 0.6 is 23.4 Å². The summed E-state index contributed by atoms with van der Waals surface area (Å²) in [5.41, 5.74) is 2.33. The second-order valence-electron chi connectivity index (χ2n) is 4.89. The molecule has 5 heteroatoms. The first-order valence-corrected chi connectivity index (χ1v) is 7.73. The molecule has 0 bridgehead atoms. The Hall–Kier alpha value is -1.10. The summed E-state index contributed by atoms with van der Waals surface area (Å²) < 4.78 is 0. The van der Waals surface area contributed by atoms with Crippen molar-refractivity contribution in [1.82, 2.24) is 15.3 Å². The SMILES string of the molecule is Cc1cc(CNC(C)C)cnc1Sc1ncccc1Cl. The van der Waals surface area contributed by atoms with Crippen LogP contribution in [0.5, 0.6) is 0 Å². The summed E-state index contributed by atoms with van der Waals surface area (Å²) in [5.74, 6) is 0. The van der Waals surface area contributed by atoms with Gasteiger partial charge in [-0.05, 0) is 41.9 Å². The first-order chi connectivity index (χ1) is 9.56. The van der Waals surface area contributed by atoms with Gasteiger partial charge in [0.05, 0.1) is 5.02 Å². The molecule has 106 valence electrons. The van der Waals surface area contributed by atoms with Crippen molar-refractivity contribution in [2.24, 2.45) is 0 Å². The highest BCUT2D eigenvalue weighted by Crippen LogP contribution is 2.31. The third-order valence-electron chi connectivity index (χ3n) is 2.72. The maximum absolute atomic E-state index is 6.12. The van der Waals surface area contributed by atoms with Crippen LogP contribution in [0, 0.1) is 6.92 Å². The second-order valence-corrected chi connectivity index (χ2v) is 6.28. The largest absolute Gasteiger partial charge is 0.310 e. The number of nitrogens with zero attached hydrogens (tertiary/aromatic N) is 2. The number of nitrogens with one attached hydrogen (secondary N) is 1. The molecule has 0 unspecified atom stereocenters. The summed E-state index contributed by atoms with van der Waals surface area (Å²) in [5, 5.41) is 5.78. The molecule has 0 radical (unpaired) electrons. The lowest BCUT2D eigenvalue weighted by atomic mass is 10.2. The third kappa shape index (κ3) is 4.20. The van der Waals surface area contributed by atoms with E-state index in [1.54, 1.807) is 6.20 Å². The molecule has 0 saturated carbocycles. The van der Waals surface area contributed by atoms with Crippen LogP contribution < -0.4 is 5.32 Å². The van der Waals surface area contributed by atoms with Gasteiger partial charge in [0.2, 0.25) is 0 Å². The zero-order valence-corrected chi connectivity index (χ0v) is 13.4. The maximum atomic E-state index is 6.12. The Balaban J connectivity index is 2.12. The molecule has 0 fully saturated rings. The van der Waals surface area contributed by atoms with Gasteiger partial charge >= 0.3 is 0 Å². The molecule has 0 aliphatic heterocycles. The Morgan fingerprint density at radius 2 is 2.10 bits per heavy atom. The van der Waals surface area contributed by atoms with Crippen molar-refractivity contribution < 1.29 is 0 Å². The van der Waals surface area contributed by atoms with E-state index >= 15 is 0 Å². The van der Waals surface area contributed by atoms with Crippen LogP contribution in [0.1, 0.15) is 25.0 Å². The van der Waals surface area contributed by atoms with Crippen molar-refractivity contribution in [2.75, 3.05) is 0 Å². The van der Waals surface area contributed by atoms with Crippen LogP contribution in [-0.2, 0) is 6.54 Å². The molecule has 0 atom stereocenters. The van der Waals surface area contributed by atoms with E-state index < -0.39 is 0 Å². The predicted octanol–water partition coefficient (Wildman–Crippen LogP) is 4.09. The smallest absolute Gasteiger partial charge is 0.121 e. The number of aromatic nitrogens is 2. The van der Waals surface area contributed by atoms with Crippen molar-refractivity contribution in [3.63, 3.8) is 0 Å². The van der Waals surface area contributed by atoms with Crippen LogP contribution in [0.2, 0.25) is 5.02 Å². The Kier molecular flexibility index (Phi) is 5.40. The fourth-order valence-corrected chi connectivity index (χ4v) is 2.71. The molecule has 0 aromatic carbocycles. The second kappa shape index (κ2) is 7.07. The van der Waals surface area contributed by atoms with Crippen LogP contribution in [0.25, 0.3) is 0 Å².